The summed E-state index contributed by atoms with van der Waals surface area (Å²) in [6, 6.07) is 18.4. The van der Waals surface area contributed by atoms with Crippen LogP contribution in [0.1, 0.15) is 60.8 Å². The van der Waals surface area contributed by atoms with E-state index in [0.717, 1.165) is 16.8 Å². The number of hydrogen-bond donors (Lipinski definition) is 2. The van der Waals surface area contributed by atoms with Gasteiger partial charge < -0.3 is 10.4 Å². The molecule has 1 amide bonds. The number of nitrogens with zero attached hydrogens (tertiary/aromatic N) is 2. The number of nitrogens with one attached hydrogen (secondary N) is 1. The summed E-state index contributed by atoms with van der Waals surface area (Å²) in [5, 5.41) is 12.7. The molecule has 8 heteroatoms. The fraction of sp³-hybridized carbons (Fsp3) is 0.267. The Kier molecular flexibility index (Phi) is 8.69. The number of fused-ring (bicyclic) bond motifs is 1. The van der Waals surface area contributed by atoms with Gasteiger partial charge in [-0.15, -0.1) is 0 Å². The Morgan fingerprint density at radius 3 is 2.32 bits per heavy atom. The first-order chi connectivity index (χ1) is 18.2. The van der Waals surface area contributed by atoms with Crippen molar-refractivity contribution >= 4 is 34.5 Å². The van der Waals surface area contributed by atoms with Crippen LogP contribution in [0.2, 0.25) is 5.02 Å². The number of carboxylic acids is 1. The number of carbonyl (C=O) groups excluding carboxylic acids is 1. The third kappa shape index (κ3) is 6.72. The molecule has 38 heavy (non-hydrogen) atoms. The summed E-state index contributed by atoms with van der Waals surface area (Å²) in [7, 11) is 0. The van der Waals surface area contributed by atoms with Crippen LogP contribution in [0.4, 0.5) is 4.39 Å². The Bertz CT molecular complexity index is 1440. The van der Waals surface area contributed by atoms with Crippen LogP contribution in [-0.4, -0.2) is 27.0 Å². The number of carbonyl (C=O) groups is 2. The molecule has 0 aliphatic heterocycles. The van der Waals surface area contributed by atoms with E-state index in [-0.39, 0.29) is 30.1 Å². The van der Waals surface area contributed by atoms with E-state index in [2.05, 4.69) is 5.32 Å². The molecule has 0 aliphatic carbocycles. The zero-order chi connectivity index (χ0) is 27.2. The molecular weight excluding hydrogens is 505 g/mol. The molecule has 0 fully saturated rings. The molecule has 0 spiro atoms. The Balaban J connectivity index is 1.65. The Hall–Kier alpha value is -3.84. The maximum absolute atomic E-state index is 13.4. The maximum Gasteiger partial charge on any atom is 0.303 e. The van der Waals surface area contributed by atoms with Gasteiger partial charge in [0.05, 0.1) is 28.5 Å². The van der Waals surface area contributed by atoms with Gasteiger partial charge in [0.15, 0.2) is 0 Å². The Morgan fingerprint density at radius 2 is 1.66 bits per heavy atom. The molecule has 0 aliphatic rings. The fourth-order valence-electron chi connectivity index (χ4n) is 4.34. The summed E-state index contributed by atoms with van der Waals surface area (Å²) in [5.41, 5.74) is 4.78. The molecule has 4 aromatic rings. The number of rotatable bonds is 10. The first-order valence-electron chi connectivity index (χ1n) is 12.6. The zero-order valence-electron chi connectivity index (χ0n) is 21.2. The monoisotopic (exact) mass is 533 g/mol. The lowest BCUT2D eigenvalue weighted by Crippen LogP contribution is -2.31. The van der Waals surface area contributed by atoms with Crippen LogP contribution in [0.3, 0.4) is 0 Å². The lowest BCUT2D eigenvalue weighted by molar-refractivity contribution is -0.137. The minimum absolute atomic E-state index is 0.0870. The second-order valence-electron chi connectivity index (χ2n) is 9.58. The van der Waals surface area contributed by atoms with Crippen molar-refractivity contribution in [2.24, 2.45) is 5.92 Å². The van der Waals surface area contributed by atoms with Gasteiger partial charge in [0.1, 0.15) is 5.82 Å². The van der Waals surface area contributed by atoms with Crippen LogP contribution >= 0.6 is 11.6 Å². The van der Waals surface area contributed by atoms with Crippen molar-refractivity contribution in [1.29, 1.82) is 0 Å². The van der Waals surface area contributed by atoms with Gasteiger partial charge in [0.2, 0.25) is 0 Å². The van der Waals surface area contributed by atoms with E-state index in [1.54, 1.807) is 42.5 Å². The van der Waals surface area contributed by atoms with Crippen molar-refractivity contribution < 1.29 is 19.1 Å². The largest absolute Gasteiger partial charge is 0.481 e. The van der Waals surface area contributed by atoms with E-state index in [9.17, 15) is 14.0 Å². The number of halogens is 2. The maximum atomic E-state index is 13.4. The van der Waals surface area contributed by atoms with Gasteiger partial charge >= 0.3 is 5.97 Å². The second-order valence-corrected chi connectivity index (χ2v) is 10.0. The third-order valence-corrected chi connectivity index (χ3v) is 6.60. The van der Waals surface area contributed by atoms with Crippen molar-refractivity contribution in [3.63, 3.8) is 0 Å². The molecule has 1 atom stereocenters. The van der Waals surface area contributed by atoms with E-state index in [1.807, 2.05) is 26.0 Å². The fourth-order valence-corrected chi connectivity index (χ4v) is 4.47. The van der Waals surface area contributed by atoms with Gasteiger partial charge in [-0.1, -0.05) is 49.7 Å². The highest BCUT2D eigenvalue weighted by Crippen LogP contribution is 2.27. The standard InChI is InChI=1S/C30H29ClFN3O3/c1-18(2)28(19-9-14-23(32)15-10-19)35-30(38)21-11-16-24-26(17-21)33-25(5-3-4-6-27(36)37)29(34-24)20-7-12-22(31)13-8-20/h7-18,28H,3-6H2,1-2H3,(H,35,38)(H,36,37). The van der Waals surface area contributed by atoms with Crippen LogP contribution in [0.15, 0.2) is 66.7 Å². The Labute approximate surface area is 225 Å². The van der Waals surface area contributed by atoms with Crippen molar-refractivity contribution in [3.05, 3.63) is 94.4 Å². The predicted molar refractivity (Wildman–Crippen MR) is 147 cm³/mol. The number of carboxylic acid groups (broad SMARTS) is 1. The van der Waals surface area contributed by atoms with Crippen LogP contribution in [0.5, 0.6) is 0 Å². The summed E-state index contributed by atoms with van der Waals surface area (Å²) in [6.07, 6.45) is 1.80. The van der Waals surface area contributed by atoms with Crippen LogP contribution < -0.4 is 5.32 Å². The first-order valence-corrected chi connectivity index (χ1v) is 12.9. The molecule has 0 radical (unpaired) electrons. The van der Waals surface area contributed by atoms with E-state index in [4.69, 9.17) is 26.7 Å². The number of aliphatic carboxylic acids is 1. The molecule has 0 saturated carbocycles. The second kappa shape index (κ2) is 12.1. The molecule has 3 aromatic carbocycles. The molecule has 4 rings (SSSR count). The Morgan fingerprint density at radius 1 is 0.947 bits per heavy atom. The van der Waals surface area contributed by atoms with Gasteiger partial charge in [0.25, 0.3) is 5.91 Å². The van der Waals surface area contributed by atoms with Crippen molar-refractivity contribution in [2.75, 3.05) is 0 Å². The minimum atomic E-state index is -0.830. The lowest BCUT2D eigenvalue weighted by Gasteiger charge is -2.23. The summed E-state index contributed by atoms with van der Waals surface area (Å²) in [5.74, 6) is -1.33. The SMILES string of the molecule is CC(C)C(NC(=O)c1ccc2nc(-c3ccc(Cl)cc3)c(CCCCC(=O)O)nc2c1)c1ccc(F)cc1. The molecule has 0 saturated heterocycles. The predicted octanol–water partition coefficient (Wildman–Crippen LogP) is 7.01. The quantitative estimate of drug-likeness (QED) is 0.214. The van der Waals surface area contributed by atoms with Gasteiger partial charge in [-0.25, -0.2) is 14.4 Å². The highest BCUT2D eigenvalue weighted by Gasteiger charge is 2.20. The van der Waals surface area contributed by atoms with E-state index < -0.39 is 5.97 Å². The van der Waals surface area contributed by atoms with Crippen LogP contribution in [-0.2, 0) is 11.2 Å². The smallest absolute Gasteiger partial charge is 0.303 e. The summed E-state index contributed by atoms with van der Waals surface area (Å²) >= 11 is 6.07. The van der Waals surface area contributed by atoms with Gasteiger partial charge in [-0.2, -0.15) is 0 Å². The van der Waals surface area contributed by atoms with Crippen LogP contribution in [0, 0.1) is 11.7 Å². The molecule has 1 heterocycles. The molecular formula is C30H29ClFN3O3. The molecule has 1 aromatic heterocycles. The minimum Gasteiger partial charge on any atom is -0.481 e. The van der Waals surface area contributed by atoms with Gasteiger partial charge in [-0.05, 0) is 73.2 Å². The summed E-state index contributed by atoms with van der Waals surface area (Å²) < 4.78 is 13.4. The topological polar surface area (TPSA) is 92.2 Å². The first kappa shape index (κ1) is 27.2. The number of aromatic nitrogens is 2. The van der Waals surface area contributed by atoms with Crippen molar-refractivity contribution in [1.82, 2.24) is 15.3 Å². The third-order valence-electron chi connectivity index (χ3n) is 6.35. The number of aryl methyl sites for hydroxylation is 1. The van der Waals surface area contributed by atoms with Gasteiger partial charge in [0, 0.05) is 22.6 Å². The number of amides is 1. The zero-order valence-corrected chi connectivity index (χ0v) is 22.0. The molecule has 2 N–H and O–H groups in total. The van der Waals surface area contributed by atoms with E-state index in [1.165, 1.54) is 12.1 Å². The lowest BCUT2D eigenvalue weighted by atomic mass is 9.95. The molecule has 0 bridgehead atoms. The van der Waals surface area contributed by atoms with Crippen LogP contribution in [0.25, 0.3) is 22.3 Å². The number of unbranched alkanes of at least 4 members (excludes halogenated alkanes) is 1. The average Bonchev–Trinajstić information content (AvgIpc) is 2.89. The van der Waals surface area contributed by atoms with Crippen molar-refractivity contribution in [2.45, 2.75) is 45.6 Å². The highest BCUT2D eigenvalue weighted by molar-refractivity contribution is 6.30. The average molecular weight is 534 g/mol. The number of hydrogen-bond acceptors (Lipinski definition) is 4. The van der Waals surface area contributed by atoms with E-state index in [0.29, 0.717) is 46.6 Å². The normalized spacial score (nSPS) is 12.0. The number of benzene rings is 3. The van der Waals surface area contributed by atoms with Crippen molar-refractivity contribution in [3.8, 4) is 11.3 Å². The van der Waals surface area contributed by atoms with E-state index >= 15 is 0 Å². The molecule has 196 valence electrons. The molecule has 1 unspecified atom stereocenters. The molecule has 6 nitrogen and oxygen atoms in total. The summed E-state index contributed by atoms with van der Waals surface area (Å²) in [6.45, 7) is 3.99. The highest BCUT2D eigenvalue weighted by atomic mass is 35.5. The summed E-state index contributed by atoms with van der Waals surface area (Å²) in [4.78, 5) is 33.9. The van der Waals surface area contributed by atoms with Gasteiger partial charge in [-0.3, -0.25) is 9.59 Å².